The number of primary amides is 1. The topological polar surface area (TPSA) is 89.3 Å². The monoisotopic (exact) mass is 420 g/mol. The molecule has 8 heteroatoms. The van der Waals surface area contributed by atoms with Crippen molar-refractivity contribution < 1.29 is 13.2 Å². The fourth-order valence-corrected chi connectivity index (χ4v) is 6.75. The Kier molecular flexibility index (Phi) is 4.61. The number of nitrogens with two attached hydrogens (primary N) is 1. The van der Waals surface area contributed by atoms with Crippen LogP contribution in [0.5, 0.6) is 0 Å². The predicted octanol–water partition coefficient (Wildman–Crippen LogP) is 4.33. The lowest BCUT2D eigenvalue weighted by Crippen LogP contribution is -2.19. The Hall–Kier alpha value is -2.09. The lowest BCUT2D eigenvalue weighted by atomic mass is 9.95. The number of benzene rings is 2. The molecule has 1 aromatic heterocycles. The van der Waals surface area contributed by atoms with Crippen LogP contribution in [0.25, 0.3) is 10.8 Å². The first-order chi connectivity index (χ1) is 12.9. The van der Waals surface area contributed by atoms with Crippen LogP contribution in [0.2, 0.25) is 5.02 Å². The molecule has 0 saturated heterocycles. The van der Waals surface area contributed by atoms with E-state index < -0.39 is 15.9 Å². The minimum atomic E-state index is -3.95. The summed E-state index contributed by atoms with van der Waals surface area (Å²) in [5, 5.41) is 1.83. The van der Waals surface area contributed by atoms with Gasteiger partial charge in [0.05, 0.1) is 10.5 Å². The van der Waals surface area contributed by atoms with Gasteiger partial charge >= 0.3 is 0 Å². The molecule has 0 aliphatic heterocycles. The second-order valence-electron chi connectivity index (χ2n) is 6.48. The van der Waals surface area contributed by atoms with E-state index in [1.807, 2.05) is 0 Å². The number of fused-ring (bicyclic) bond motifs is 2. The van der Waals surface area contributed by atoms with Gasteiger partial charge in [-0.3, -0.25) is 9.52 Å². The number of nitrogens with one attached hydrogen (secondary N) is 1. The molecule has 3 N–H and O–H groups in total. The number of hydrogen-bond acceptors (Lipinski definition) is 4. The van der Waals surface area contributed by atoms with Gasteiger partial charge in [-0.1, -0.05) is 35.9 Å². The fourth-order valence-electron chi connectivity index (χ4n) is 3.56. The molecule has 1 heterocycles. The first-order valence-corrected chi connectivity index (χ1v) is 11.2. The minimum absolute atomic E-state index is 0.0763. The van der Waals surface area contributed by atoms with Crippen molar-refractivity contribution in [3.05, 3.63) is 57.4 Å². The molecule has 0 radical (unpaired) electrons. The maximum atomic E-state index is 13.1. The molecule has 5 nitrogen and oxygen atoms in total. The van der Waals surface area contributed by atoms with E-state index in [1.54, 1.807) is 30.3 Å². The van der Waals surface area contributed by atoms with Gasteiger partial charge in [-0.05, 0) is 48.8 Å². The molecule has 0 fully saturated rings. The second-order valence-corrected chi connectivity index (χ2v) is 9.64. The van der Waals surface area contributed by atoms with Gasteiger partial charge in [0.2, 0.25) is 0 Å². The molecule has 2 aromatic carbocycles. The Morgan fingerprint density at radius 2 is 1.81 bits per heavy atom. The maximum Gasteiger partial charge on any atom is 0.263 e. The van der Waals surface area contributed by atoms with Gasteiger partial charge in [-0.25, -0.2) is 8.42 Å². The van der Waals surface area contributed by atoms with Gasteiger partial charge in [-0.15, -0.1) is 11.3 Å². The Balaban J connectivity index is 1.84. The number of thiophene rings is 1. The third-order valence-corrected chi connectivity index (χ3v) is 7.79. The van der Waals surface area contributed by atoms with Crippen molar-refractivity contribution in [1.82, 2.24) is 0 Å². The van der Waals surface area contributed by atoms with Gasteiger partial charge in [0.1, 0.15) is 5.00 Å². The van der Waals surface area contributed by atoms with E-state index in [0.717, 1.165) is 41.5 Å². The third kappa shape index (κ3) is 3.20. The molecule has 1 aliphatic carbocycles. The van der Waals surface area contributed by atoms with Crippen molar-refractivity contribution in [2.75, 3.05) is 4.72 Å². The van der Waals surface area contributed by atoms with Crippen molar-refractivity contribution in [2.45, 2.75) is 30.6 Å². The van der Waals surface area contributed by atoms with Crippen molar-refractivity contribution in [3.63, 3.8) is 0 Å². The molecule has 3 aromatic rings. The van der Waals surface area contributed by atoms with Crippen LogP contribution in [-0.4, -0.2) is 14.3 Å². The van der Waals surface area contributed by atoms with Crippen LogP contribution < -0.4 is 10.5 Å². The molecular formula is C19H17ClN2O3S2. The Bertz CT molecular complexity index is 1160. The summed E-state index contributed by atoms with van der Waals surface area (Å²) in [6, 6.07) is 10.2. The Morgan fingerprint density at radius 3 is 2.56 bits per heavy atom. The third-order valence-electron chi connectivity index (χ3n) is 4.75. The smallest absolute Gasteiger partial charge is 0.263 e. The SMILES string of the molecule is NC(=O)c1c(NS(=O)(=O)c2cccc3cccc(Cl)c23)sc2c1CCCC2. The molecule has 0 atom stereocenters. The number of anilines is 1. The number of rotatable bonds is 4. The van der Waals surface area contributed by atoms with E-state index in [9.17, 15) is 13.2 Å². The molecule has 0 unspecified atom stereocenters. The van der Waals surface area contributed by atoms with Crippen LogP contribution in [0.15, 0.2) is 41.3 Å². The number of amides is 1. The lowest BCUT2D eigenvalue weighted by Gasteiger charge is -2.12. The molecule has 4 rings (SSSR count). The predicted molar refractivity (Wildman–Crippen MR) is 109 cm³/mol. The van der Waals surface area contributed by atoms with Crippen LogP contribution >= 0.6 is 22.9 Å². The van der Waals surface area contributed by atoms with Crippen LogP contribution in [0.3, 0.4) is 0 Å². The number of carbonyl (C=O) groups excluding carboxylic acids is 1. The van der Waals surface area contributed by atoms with Gasteiger partial charge < -0.3 is 5.73 Å². The second kappa shape index (κ2) is 6.82. The average molecular weight is 421 g/mol. The van der Waals surface area contributed by atoms with Gasteiger partial charge in [0.15, 0.2) is 0 Å². The van der Waals surface area contributed by atoms with E-state index >= 15 is 0 Å². The summed E-state index contributed by atoms with van der Waals surface area (Å²) in [5.41, 5.74) is 6.74. The highest BCUT2D eigenvalue weighted by atomic mass is 35.5. The Morgan fingerprint density at radius 1 is 1.11 bits per heavy atom. The quantitative estimate of drug-likeness (QED) is 0.658. The van der Waals surface area contributed by atoms with E-state index in [-0.39, 0.29) is 4.90 Å². The van der Waals surface area contributed by atoms with Gasteiger partial charge in [0, 0.05) is 15.3 Å². The van der Waals surface area contributed by atoms with Crippen molar-refractivity contribution in [3.8, 4) is 0 Å². The summed E-state index contributed by atoms with van der Waals surface area (Å²) >= 11 is 7.57. The van der Waals surface area contributed by atoms with E-state index in [2.05, 4.69) is 4.72 Å². The zero-order valence-corrected chi connectivity index (χ0v) is 16.7. The average Bonchev–Trinajstić information content (AvgIpc) is 2.98. The first-order valence-electron chi connectivity index (χ1n) is 8.53. The molecule has 0 spiro atoms. The summed E-state index contributed by atoms with van der Waals surface area (Å²) in [5.74, 6) is -0.608. The number of hydrogen-bond donors (Lipinski definition) is 2. The van der Waals surface area contributed by atoms with Crippen molar-refractivity contribution in [2.24, 2.45) is 5.73 Å². The molecular weight excluding hydrogens is 404 g/mol. The van der Waals surface area contributed by atoms with Crippen LogP contribution in [0.1, 0.15) is 33.6 Å². The highest BCUT2D eigenvalue weighted by Gasteiger charge is 2.28. The van der Waals surface area contributed by atoms with Gasteiger partial charge in [-0.2, -0.15) is 0 Å². The largest absolute Gasteiger partial charge is 0.365 e. The molecule has 1 aliphatic rings. The highest BCUT2D eigenvalue weighted by molar-refractivity contribution is 7.93. The van der Waals surface area contributed by atoms with Crippen LogP contribution in [-0.2, 0) is 22.9 Å². The first kappa shape index (κ1) is 18.3. The maximum absolute atomic E-state index is 13.1. The highest BCUT2D eigenvalue weighted by Crippen LogP contribution is 2.39. The van der Waals surface area contributed by atoms with Crippen LogP contribution in [0.4, 0.5) is 5.00 Å². The summed E-state index contributed by atoms with van der Waals surface area (Å²) in [6.07, 6.45) is 3.57. The fraction of sp³-hybridized carbons (Fsp3) is 0.211. The van der Waals surface area contributed by atoms with Crippen molar-refractivity contribution in [1.29, 1.82) is 0 Å². The molecule has 0 saturated carbocycles. The summed E-state index contributed by atoms with van der Waals surface area (Å²) in [7, 11) is -3.95. The van der Waals surface area contributed by atoms with Gasteiger partial charge in [0.25, 0.3) is 15.9 Å². The summed E-state index contributed by atoms with van der Waals surface area (Å²) in [4.78, 5) is 13.1. The lowest BCUT2D eigenvalue weighted by molar-refractivity contribution is 0.100. The van der Waals surface area contributed by atoms with Crippen LogP contribution in [0, 0.1) is 0 Å². The van der Waals surface area contributed by atoms with E-state index in [1.165, 1.54) is 17.4 Å². The number of sulfonamides is 1. The number of aryl methyl sites for hydroxylation is 1. The Labute approximate surface area is 166 Å². The molecule has 27 heavy (non-hydrogen) atoms. The zero-order valence-electron chi connectivity index (χ0n) is 14.3. The van der Waals surface area contributed by atoms with E-state index in [4.69, 9.17) is 17.3 Å². The molecule has 1 amide bonds. The molecule has 140 valence electrons. The van der Waals surface area contributed by atoms with Crippen molar-refractivity contribution >= 4 is 54.6 Å². The molecule has 0 bridgehead atoms. The normalized spacial score (nSPS) is 14.1. The minimum Gasteiger partial charge on any atom is -0.365 e. The van der Waals surface area contributed by atoms with E-state index in [0.29, 0.717) is 21.0 Å². The zero-order chi connectivity index (χ0) is 19.2. The standard InChI is InChI=1S/C19H17ClN2O3S2/c20-13-8-3-5-11-6-4-10-15(16(11)13)27(24,25)22-19-17(18(21)23)12-7-1-2-9-14(12)26-19/h3-6,8,10,22H,1-2,7,9H2,(H2,21,23). The summed E-state index contributed by atoms with van der Waals surface area (Å²) < 4.78 is 28.9. The summed E-state index contributed by atoms with van der Waals surface area (Å²) in [6.45, 7) is 0. The number of halogens is 1. The number of carbonyl (C=O) groups is 1.